The van der Waals surface area contributed by atoms with Crippen molar-refractivity contribution in [1.29, 1.82) is 0 Å². The van der Waals surface area contributed by atoms with E-state index in [1.807, 2.05) is 0 Å². The van der Waals surface area contributed by atoms with E-state index in [1.54, 1.807) is 28.7 Å². The van der Waals surface area contributed by atoms with Crippen molar-refractivity contribution in [3.05, 3.63) is 42.0 Å². The number of oxime groups is 1. The zero-order chi connectivity index (χ0) is 28.3. The average molecular weight is 578 g/mol. The molecular formula is C21H23N9O7S2. The summed E-state index contributed by atoms with van der Waals surface area (Å²) in [5.41, 5.74) is 5.44. The van der Waals surface area contributed by atoms with Crippen LogP contribution in [-0.2, 0) is 37.6 Å². The molecule has 1 saturated heterocycles. The second kappa shape index (κ2) is 11.5. The fourth-order valence-electron chi connectivity index (χ4n) is 3.87. The summed E-state index contributed by atoms with van der Waals surface area (Å²) in [6, 6.07) is 0.595. The highest BCUT2D eigenvalue weighted by Crippen LogP contribution is 2.40. The molecule has 0 spiro atoms. The number of aromatic nitrogens is 4. The SMILES string of the molecule is C=CCON=C(C(=O)N[C@@H]1C(=O)N2C(C(=O)[O-])=C(C[n+]3ccc(NCC(=O)O)n3C)CS[C@H]12)c1nsc(N)n1. The van der Waals surface area contributed by atoms with Crippen LogP contribution in [0.25, 0.3) is 0 Å². The maximum atomic E-state index is 13.0. The zero-order valence-corrected chi connectivity index (χ0v) is 22.0. The maximum absolute atomic E-state index is 13.0. The Morgan fingerprint density at radius 3 is 2.87 bits per heavy atom. The van der Waals surface area contributed by atoms with Crippen molar-refractivity contribution in [1.82, 2.24) is 24.3 Å². The number of thioether (sulfide) groups is 1. The van der Waals surface area contributed by atoms with Gasteiger partial charge in [-0.1, -0.05) is 17.8 Å². The molecule has 0 radical (unpaired) electrons. The van der Waals surface area contributed by atoms with Crippen LogP contribution < -0.4 is 26.2 Å². The van der Waals surface area contributed by atoms with Crippen LogP contribution in [0.5, 0.6) is 0 Å². The van der Waals surface area contributed by atoms with Crippen LogP contribution >= 0.6 is 23.3 Å². The van der Waals surface area contributed by atoms with Gasteiger partial charge >= 0.3 is 5.97 Å². The molecule has 2 atom stereocenters. The van der Waals surface area contributed by atoms with Crippen LogP contribution in [0.15, 0.2) is 41.3 Å². The average Bonchev–Trinajstić information content (AvgIpc) is 3.48. The minimum atomic E-state index is -1.53. The number of β-lactam (4-membered cyclic amide) rings is 1. The first-order valence-electron chi connectivity index (χ1n) is 11.2. The first-order chi connectivity index (χ1) is 18.6. The summed E-state index contributed by atoms with van der Waals surface area (Å²) in [5, 5.41) is 29.4. The molecule has 0 saturated carbocycles. The summed E-state index contributed by atoms with van der Waals surface area (Å²) in [7, 11) is 1.67. The Morgan fingerprint density at radius 2 is 2.23 bits per heavy atom. The van der Waals surface area contributed by atoms with Gasteiger partial charge in [0.2, 0.25) is 11.5 Å². The molecule has 0 aliphatic carbocycles. The van der Waals surface area contributed by atoms with Crippen molar-refractivity contribution < 1.29 is 38.9 Å². The third-order valence-corrected chi connectivity index (χ3v) is 7.54. The molecule has 0 unspecified atom stereocenters. The van der Waals surface area contributed by atoms with E-state index in [2.05, 4.69) is 31.7 Å². The molecule has 206 valence electrons. The third kappa shape index (κ3) is 5.70. The van der Waals surface area contributed by atoms with Crippen LogP contribution in [0.2, 0.25) is 0 Å². The number of nitrogen functional groups attached to an aromatic ring is 1. The first kappa shape index (κ1) is 27.6. The summed E-state index contributed by atoms with van der Waals surface area (Å²) in [6.45, 7) is 3.31. The van der Waals surface area contributed by atoms with Gasteiger partial charge < -0.3 is 36.2 Å². The first-order valence-corrected chi connectivity index (χ1v) is 13.0. The molecular weight excluding hydrogens is 554 g/mol. The highest BCUT2D eigenvalue weighted by Gasteiger charge is 2.53. The second-order valence-corrected chi connectivity index (χ2v) is 10.0. The molecule has 2 aromatic heterocycles. The number of aliphatic carboxylic acids is 2. The minimum Gasteiger partial charge on any atom is -0.543 e. The molecule has 2 amide bonds. The minimum absolute atomic E-state index is 0.00380. The number of rotatable bonds is 12. The number of carboxylic acids is 2. The van der Waals surface area contributed by atoms with E-state index in [-0.39, 0.29) is 47.8 Å². The van der Waals surface area contributed by atoms with E-state index >= 15 is 0 Å². The van der Waals surface area contributed by atoms with Crippen molar-refractivity contribution in [2.45, 2.75) is 18.0 Å². The fourth-order valence-corrected chi connectivity index (χ4v) is 5.64. The lowest BCUT2D eigenvalue weighted by atomic mass is 10.0. The van der Waals surface area contributed by atoms with Crippen LogP contribution in [0, 0.1) is 0 Å². The van der Waals surface area contributed by atoms with E-state index in [4.69, 9.17) is 15.7 Å². The number of carboxylic acid groups (broad SMARTS) is 2. The molecule has 2 aliphatic rings. The smallest absolute Gasteiger partial charge is 0.322 e. The number of carbonyl (C=O) groups excluding carboxylic acids is 3. The quantitative estimate of drug-likeness (QED) is 0.0504. The molecule has 0 bridgehead atoms. The number of anilines is 2. The number of carbonyl (C=O) groups is 4. The van der Waals surface area contributed by atoms with Crippen LogP contribution in [0.4, 0.5) is 10.9 Å². The normalized spacial score (nSPS) is 18.7. The van der Waals surface area contributed by atoms with Gasteiger partial charge in [0.25, 0.3) is 11.8 Å². The van der Waals surface area contributed by atoms with Gasteiger partial charge in [-0.15, -0.1) is 21.1 Å². The van der Waals surface area contributed by atoms with Gasteiger partial charge in [0, 0.05) is 22.9 Å². The summed E-state index contributed by atoms with van der Waals surface area (Å²) < 4.78 is 7.24. The fraction of sp³-hybridized carbons (Fsp3) is 0.333. The van der Waals surface area contributed by atoms with E-state index in [0.29, 0.717) is 11.4 Å². The maximum Gasteiger partial charge on any atom is 0.322 e. The Morgan fingerprint density at radius 1 is 1.46 bits per heavy atom. The van der Waals surface area contributed by atoms with Gasteiger partial charge in [0.15, 0.2) is 23.7 Å². The van der Waals surface area contributed by atoms with Crippen molar-refractivity contribution >= 4 is 63.7 Å². The van der Waals surface area contributed by atoms with Crippen LogP contribution in [0.3, 0.4) is 0 Å². The number of amides is 2. The molecule has 39 heavy (non-hydrogen) atoms. The molecule has 1 fully saturated rings. The lowest BCUT2D eigenvalue weighted by Gasteiger charge is -2.50. The van der Waals surface area contributed by atoms with Crippen molar-refractivity contribution in [3.8, 4) is 0 Å². The molecule has 16 nitrogen and oxygen atoms in total. The van der Waals surface area contributed by atoms with Crippen molar-refractivity contribution in [3.63, 3.8) is 0 Å². The van der Waals surface area contributed by atoms with E-state index in [0.717, 1.165) is 16.4 Å². The number of fused-ring (bicyclic) bond motifs is 1. The predicted octanol–water partition coefficient (Wildman–Crippen LogP) is -2.75. The molecule has 4 rings (SSSR count). The second-order valence-electron chi connectivity index (χ2n) is 8.15. The topological polar surface area (TPSA) is 221 Å². The van der Waals surface area contributed by atoms with E-state index in [9.17, 15) is 24.3 Å². The number of nitrogens with one attached hydrogen (secondary N) is 2. The predicted molar refractivity (Wildman–Crippen MR) is 136 cm³/mol. The zero-order valence-electron chi connectivity index (χ0n) is 20.4. The largest absolute Gasteiger partial charge is 0.543 e. The molecule has 18 heteroatoms. The van der Waals surface area contributed by atoms with Crippen LogP contribution in [0.1, 0.15) is 5.82 Å². The summed E-state index contributed by atoms with van der Waals surface area (Å²) in [4.78, 5) is 59.0. The number of hydrogen-bond donors (Lipinski definition) is 4. The summed E-state index contributed by atoms with van der Waals surface area (Å²) >= 11 is 2.11. The lowest BCUT2D eigenvalue weighted by molar-refractivity contribution is -0.765. The highest BCUT2D eigenvalue weighted by atomic mass is 32.2. The van der Waals surface area contributed by atoms with Gasteiger partial charge in [-0.25, -0.2) is 0 Å². The molecule has 2 aromatic rings. The molecule has 4 heterocycles. The summed E-state index contributed by atoms with van der Waals surface area (Å²) in [6.07, 6.45) is 3.07. The van der Waals surface area contributed by atoms with E-state index in [1.165, 1.54) is 17.8 Å². The molecule has 5 N–H and O–H groups in total. The number of hydrogen-bond acceptors (Lipinski definition) is 13. The van der Waals surface area contributed by atoms with Crippen molar-refractivity contribution in [2.24, 2.45) is 12.2 Å². The Hall–Kier alpha value is -4.45. The van der Waals surface area contributed by atoms with Gasteiger partial charge in [0.05, 0.1) is 24.8 Å². The van der Waals surface area contributed by atoms with Crippen molar-refractivity contribution in [2.75, 3.05) is 30.0 Å². The van der Waals surface area contributed by atoms with Gasteiger partial charge in [-0.3, -0.25) is 19.3 Å². The van der Waals surface area contributed by atoms with E-state index < -0.39 is 35.2 Å². The number of nitrogens with zero attached hydrogens (tertiary/aromatic N) is 6. The highest BCUT2D eigenvalue weighted by molar-refractivity contribution is 8.00. The summed E-state index contributed by atoms with van der Waals surface area (Å²) in [5.74, 6) is -3.37. The lowest BCUT2D eigenvalue weighted by Crippen LogP contribution is -2.71. The molecule has 0 aromatic carbocycles. The van der Waals surface area contributed by atoms with Gasteiger partial charge in [0.1, 0.15) is 24.6 Å². The number of nitrogens with two attached hydrogens (primary N) is 1. The Balaban J connectivity index is 1.51. The Kier molecular flexibility index (Phi) is 8.15. The Bertz CT molecular complexity index is 1400. The third-order valence-electron chi connectivity index (χ3n) is 5.66. The standard InChI is InChI=1S/C21H23N9O7S2/c1-3-6-37-26-13(16-25-21(22)39-27-16)17(33)24-14-18(34)30-15(20(35)36)10(9-38-19(14)30)8-29-5-4-11(28(29)2)23-7-12(31)32/h3-5,14,19H,1,6-9H2,2H3,(H5,22,24,25,27,31,32,33,35,36)/t14-,19-/m1/s1. The molecule has 2 aliphatic heterocycles. The monoisotopic (exact) mass is 577 g/mol. The van der Waals surface area contributed by atoms with Gasteiger partial charge in [-0.05, 0) is 0 Å². The Labute approximate surface area is 228 Å². The van der Waals surface area contributed by atoms with Gasteiger partial charge in [-0.2, -0.15) is 9.36 Å². The van der Waals surface area contributed by atoms with Crippen LogP contribution in [-0.4, -0.2) is 83.8 Å².